The normalized spacial score (nSPS) is 12.9. The standard InChI is InChI=1S/C23H33N3O4S/c1-6-19(17-31(27,28)21-11-9-8-10-12-21)25-23(24-7-2)26(3)16-18-13-14-20(29-4)15-22(18)30-5/h8-15,19H,6-7,16-17H2,1-5H3,(H,24,25). The Hall–Kier alpha value is -2.74. The van der Waals surface area contributed by atoms with Crippen LogP contribution in [0.25, 0.3) is 0 Å². The third kappa shape index (κ3) is 6.89. The Morgan fingerprint density at radius 3 is 2.39 bits per heavy atom. The molecule has 0 saturated carbocycles. The molecule has 8 heteroatoms. The van der Waals surface area contributed by atoms with Crippen LogP contribution in [-0.2, 0) is 16.4 Å². The van der Waals surface area contributed by atoms with Crippen LogP contribution in [0.2, 0.25) is 0 Å². The lowest BCUT2D eigenvalue weighted by Crippen LogP contribution is -2.46. The maximum absolute atomic E-state index is 12.8. The summed E-state index contributed by atoms with van der Waals surface area (Å²) in [5.41, 5.74) is 0.973. The van der Waals surface area contributed by atoms with Crippen molar-refractivity contribution in [1.29, 1.82) is 0 Å². The molecule has 0 heterocycles. The Labute approximate surface area is 186 Å². The number of methoxy groups -OCH3 is 2. The van der Waals surface area contributed by atoms with Gasteiger partial charge in [0, 0.05) is 37.8 Å². The van der Waals surface area contributed by atoms with E-state index in [1.54, 1.807) is 38.5 Å². The van der Waals surface area contributed by atoms with Gasteiger partial charge in [0.15, 0.2) is 15.8 Å². The van der Waals surface area contributed by atoms with Gasteiger partial charge in [0.25, 0.3) is 0 Å². The molecule has 1 N–H and O–H groups in total. The molecule has 0 aromatic heterocycles. The maximum Gasteiger partial charge on any atom is 0.194 e. The van der Waals surface area contributed by atoms with Crippen LogP contribution in [0.3, 0.4) is 0 Å². The smallest absolute Gasteiger partial charge is 0.194 e. The van der Waals surface area contributed by atoms with Crippen molar-refractivity contribution in [3.63, 3.8) is 0 Å². The van der Waals surface area contributed by atoms with Crippen LogP contribution in [0.5, 0.6) is 11.5 Å². The van der Waals surface area contributed by atoms with Crippen molar-refractivity contribution in [2.45, 2.75) is 37.8 Å². The van der Waals surface area contributed by atoms with Crippen molar-refractivity contribution in [2.75, 3.05) is 33.6 Å². The fourth-order valence-corrected chi connectivity index (χ4v) is 4.79. The Balaban J connectivity index is 2.16. The van der Waals surface area contributed by atoms with Crippen molar-refractivity contribution in [3.8, 4) is 11.5 Å². The number of nitrogens with zero attached hydrogens (tertiary/aromatic N) is 2. The predicted molar refractivity (Wildman–Crippen MR) is 125 cm³/mol. The Morgan fingerprint density at radius 2 is 1.81 bits per heavy atom. The summed E-state index contributed by atoms with van der Waals surface area (Å²) in [6.45, 7) is 5.04. The van der Waals surface area contributed by atoms with Gasteiger partial charge in [-0.05, 0) is 37.6 Å². The van der Waals surface area contributed by atoms with Crippen LogP contribution >= 0.6 is 0 Å². The fraction of sp³-hybridized carbons (Fsp3) is 0.435. The number of ether oxygens (including phenoxy) is 2. The van der Waals surface area contributed by atoms with E-state index in [0.29, 0.717) is 30.4 Å². The van der Waals surface area contributed by atoms with Crippen LogP contribution < -0.4 is 14.8 Å². The third-order valence-corrected chi connectivity index (χ3v) is 6.75. The van der Waals surface area contributed by atoms with Gasteiger partial charge in [0.05, 0.1) is 24.9 Å². The molecule has 0 bridgehead atoms. The zero-order valence-corrected chi connectivity index (χ0v) is 19.8. The van der Waals surface area contributed by atoms with Crippen LogP contribution in [0.1, 0.15) is 25.8 Å². The first-order valence-electron chi connectivity index (χ1n) is 10.3. The summed E-state index contributed by atoms with van der Waals surface area (Å²) in [4.78, 5) is 6.87. The number of hydrogen-bond acceptors (Lipinski definition) is 5. The Morgan fingerprint density at radius 1 is 1.10 bits per heavy atom. The predicted octanol–water partition coefficient (Wildman–Crippen LogP) is 3.35. The fourth-order valence-electron chi connectivity index (χ4n) is 3.17. The molecule has 7 nitrogen and oxygen atoms in total. The molecule has 1 atom stereocenters. The highest BCUT2D eigenvalue weighted by atomic mass is 32.2. The third-order valence-electron chi connectivity index (χ3n) is 4.92. The summed E-state index contributed by atoms with van der Waals surface area (Å²) in [5, 5.41) is 3.34. The molecule has 0 aliphatic carbocycles. The maximum atomic E-state index is 12.8. The van der Waals surface area contributed by atoms with Crippen LogP contribution in [-0.4, -0.2) is 58.9 Å². The molecule has 2 aromatic rings. The summed E-state index contributed by atoms with van der Waals surface area (Å²) < 4.78 is 36.4. The first kappa shape index (κ1) is 24.5. The molecule has 0 amide bonds. The number of aliphatic imine (C=N–C) groups is 1. The van der Waals surface area contributed by atoms with E-state index >= 15 is 0 Å². The Bertz CT molecular complexity index is 962. The lowest BCUT2D eigenvalue weighted by atomic mass is 10.2. The van der Waals surface area contributed by atoms with Gasteiger partial charge in [0.2, 0.25) is 0 Å². The highest BCUT2D eigenvalue weighted by Crippen LogP contribution is 2.25. The molecular weight excluding hydrogens is 414 g/mol. The average molecular weight is 448 g/mol. The molecule has 0 radical (unpaired) electrons. The SMILES string of the molecule is CCN=C(NC(CC)CS(=O)(=O)c1ccccc1)N(C)Cc1ccc(OC)cc1OC. The molecule has 2 aromatic carbocycles. The Kier molecular flexibility index (Phi) is 9.18. The van der Waals surface area contributed by atoms with Crippen molar-refractivity contribution < 1.29 is 17.9 Å². The van der Waals surface area contributed by atoms with E-state index in [0.717, 1.165) is 17.1 Å². The van der Waals surface area contributed by atoms with Gasteiger partial charge in [-0.2, -0.15) is 0 Å². The second-order valence-electron chi connectivity index (χ2n) is 7.18. The van der Waals surface area contributed by atoms with Gasteiger partial charge in [-0.1, -0.05) is 25.1 Å². The molecule has 31 heavy (non-hydrogen) atoms. The summed E-state index contributed by atoms with van der Waals surface area (Å²) in [5.74, 6) is 2.09. The summed E-state index contributed by atoms with van der Waals surface area (Å²) in [7, 11) is 1.76. The molecule has 1 unspecified atom stereocenters. The molecule has 0 aliphatic heterocycles. The second kappa shape index (κ2) is 11.6. The largest absolute Gasteiger partial charge is 0.497 e. The van der Waals surface area contributed by atoms with Gasteiger partial charge < -0.3 is 19.7 Å². The summed E-state index contributed by atoms with van der Waals surface area (Å²) in [6, 6.07) is 14.0. The average Bonchev–Trinajstić information content (AvgIpc) is 2.78. The number of rotatable bonds is 10. The highest BCUT2D eigenvalue weighted by molar-refractivity contribution is 7.91. The zero-order chi connectivity index (χ0) is 22.9. The van der Waals surface area contributed by atoms with Crippen LogP contribution in [0, 0.1) is 0 Å². The van der Waals surface area contributed by atoms with Crippen molar-refractivity contribution >= 4 is 15.8 Å². The van der Waals surface area contributed by atoms with Gasteiger partial charge in [-0.25, -0.2) is 8.42 Å². The first-order valence-corrected chi connectivity index (χ1v) is 12.0. The van der Waals surface area contributed by atoms with Crippen LogP contribution in [0.15, 0.2) is 58.4 Å². The molecular formula is C23H33N3O4S. The molecule has 0 aliphatic rings. The van der Waals surface area contributed by atoms with E-state index in [9.17, 15) is 8.42 Å². The lowest BCUT2D eigenvalue weighted by molar-refractivity contribution is 0.381. The lowest BCUT2D eigenvalue weighted by Gasteiger charge is -2.27. The minimum absolute atomic E-state index is 0.00402. The van der Waals surface area contributed by atoms with Crippen LogP contribution in [0.4, 0.5) is 0 Å². The summed E-state index contributed by atoms with van der Waals surface area (Å²) in [6.07, 6.45) is 0.647. The van der Waals surface area contributed by atoms with Gasteiger partial charge >= 0.3 is 0 Å². The van der Waals surface area contributed by atoms with E-state index in [4.69, 9.17) is 9.47 Å². The monoisotopic (exact) mass is 447 g/mol. The van der Waals surface area contributed by atoms with E-state index in [1.807, 2.05) is 50.1 Å². The zero-order valence-electron chi connectivity index (χ0n) is 19.0. The summed E-state index contributed by atoms with van der Waals surface area (Å²) >= 11 is 0. The number of benzene rings is 2. The molecule has 0 fully saturated rings. The van der Waals surface area contributed by atoms with E-state index in [-0.39, 0.29) is 11.8 Å². The van der Waals surface area contributed by atoms with E-state index < -0.39 is 9.84 Å². The number of hydrogen-bond donors (Lipinski definition) is 1. The quantitative estimate of drug-likeness (QED) is 0.444. The van der Waals surface area contributed by atoms with Gasteiger partial charge in [-0.15, -0.1) is 0 Å². The molecule has 0 spiro atoms. The molecule has 170 valence electrons. The number of nitrogens with one attached hydrogen (secondary N) is 1. The number of sulfone groups is 1. The second-order valence-corrected chi connectivity index (χ2v) is 9.21. The topological polar surface area (TPSA) is 80.2 Å². The van der Waals surface area contributed by atoms with Gasteiger partial charge in [-0.3, -0.25) is 4.99 Å². The van der Waals surface area contributed by atoms with Crippen molar-refractivity contribution in [1.82, 2.24) is 10.2 Å². The van der Waals surface area contributed by atoms with Crippen molar-refractivity contribution in [2.24, 2.45) is 4.99 Å². The van der Waals surface area contributed by atoms with Crippen molar-refractivity contribution in [3.05, 3.63) is 54.1 Å². The molecule has 2 rings (SSSR count). The first-order chi connectivity index (χ1) is 14.8. The minimum atomic E-state index is -3.41. The number of guanidine groups is 1. The van der Waals surface area contributed by atoms with Gasteiger partial charge in [0.1, 0.15) is 11.5 Å². The molecule has 0 saturated heterocycles. The van der Waals surface area contributed by atoms with E-state index in [1.165, 1.54) is 0 Å². The van der Waals surface area contributed by atoms with E-state index in [2.05, 4.69) is 10.3 Å². The highest BCUT2D eigenvalue weighted by Gasteiger charge is 2.22. The minimum Gasteiger partial charge on any atom is -0.497 e.